The SMILES string of the molecule is Cc1ccc(C(=O)N2CCN(C(=O)c3ccc4c(c3)C(=O)N(C3CCCCC3)C4=O)CC2)cc1. The Morgan fingerprint density at radius 2 is 1.24 bits per heavy atom. The van der Waals surface area contributed by atoms with Crippen LogP contribution in [0.4, 0.5) is 0 Å². The second-order valence-electron chi connectivity index (χ2n) is 9.48. The molecule has 1 saturated heterocycles. The fraction of sp³-hybridized carbons (Fsp3) is 0.407. The number of amides is 4. The molecular weight excluding hydrogens is 430 g/mol. The van der Waals surface area contributed by atoms with Crippen LogP contribution in [0.15, 0.2) is 42.5 Å². The van der Waals surface area contributed by atoms with E-state index in [9.17, 15) is 19.2 Å². The first-order valence-electron chi connectivity index (χ1n) is 12.1. The number of fused-ring (bicyclic) bond motifs is 1. The summed E-state index contributed by atoms with van der Waals surface area (Å²) in [5, 5.41) is 0. The smallest absolute Gasteiger partial charge is 0.261 e. The lowest BCUT2D eigenvalue weighted by atomic mass is 9.94. The van der Waals surface area contributed by atoms with Gasteiger partial charge in [0.1, 0.15) is 0 Å². The molecule has 0 bridgehead atoms. The normalized spacial score (nSPS) is 18.9. The van der Waals surface area contributed by atoms with Crippen LogP contribution in [-0.4, -0.2) is 70.5 Å². The number of hydrogen-bond acceptors (Lipinski definition) is 4. The standard InChI is InChI=1S/C27H29N3O4/c1-18-7-9-19(10-8-18)24(31)28-13-15-29(16-14-28)25(32)20-11-12-22-23(17-20)27(34)30(26(22)33)21-5-3-2-4-6-21/h7-12,17,21H,2-6,13-16H2,1H3. The van der Waals surface area contributed by atoms with Gasteiger partial charge in [-0.25, -0.2) is 0 Å². The van der Waals surface area contributed by atoms with Crippen molar-refractivity contribution in [1.82, 2.24) is 14.7 Å². The van der Waals surface area contributed by atoms with E-state index >= 15 is 0 Å². The van der Waals surface area contributed by atoms with Gasteiger partial charge in [0.05, 0.1) is 11.1 Å². The Kier molecular flexibility index (Phi) is 5.94. The molecule has 3 aliphatic rings. The van der Waals surface area contributed by atoms with Crippen LogP contribution in [0.1, 0.15) is 79.1 Å². The van der Waals surface area contributed by atoms with Gasteiger partial charge >= 0.3 is 0 Å². The second-order valence-corrected chi connectivity index (χ2v) is 9.48. The van der Waals surface area contributed by atoms with E-state index in [2.05, 4.69) is 0 Å². The summed E-state index contributed by atoms with van der Waals surface area (Å²) in [4.78, 5) is 56.8. The summed E-state index contributed by atoms with van der Waals surface area (Å²) in [6.07, 6.45) is 4.90. The number of imide groups is 1. The average Bonchev–Trinajstić information content (AvgIpc) is 3.13. The van der Waals surface area contributed by atoms with Crippen molar-refractivity contribution >= 4 is 23.6 Å². The molecule has 0 N–H and O–H groups in total. The Morgan fingerprint density at radius 3 is 1.85 bits per heavy atom. The van der Waals surface area contributed by atoms with Gasteiger partial charge in [0.15, 0.2) is 0 Å². The molecule has 34 heavy (non-hydrogen) atoms. The minimum absolute atomic E-state index is 0.0310. The lowest BCUT2D eigenvalue weighted by molar-refractivity contribution is 0.0535. The van der Waals surface area contributed by atoms with Crippen LogP contribution in [0.3, 0.4) is 0 Å². The van der Waals surface area contributed by atoms with Gasteiger partial charge in [-0.05, 0) is 50.1 Å². The van der Waals surface area contributed by atoms with Crippen molar-refractivity contribution < 1.29 is 19.2 Å². The molecule has 5 rings (SSSR count). The van der Waals surface area contributed by atoms with Crippen LogP contribution in [0.25, 0.3) is 0 Å². The summed E-state index contributed by atoms with van der Waals surface area (Å²) >= 11 is 0. The first-order chi connectivity index (χ1) is 16.4. The van der Waals surface area contributed by atoms with E-state index in [0.717, 1.165) is 37.7 Å². The first kappa shape index (κ1) is 22.3. The maximum Gasteiger partial charge on any atom is 0.261 e. The summed E-state index contributed by atoms with van der Waals surface area (Å²) in [6, 6.07) is 12.3. The summed E-state index contributed by atoms with van der Waals surface area (Å²) in [5.74, 6) is -0.734. The van der Waals surface area contributed by atoms with Crippen molar-refractivity contribution in [2.75, 3.05) is 26.2 Å². The van der Waals surface area contributed by atoms with E-state index < -0.39 is 0 Å². The third kappa shape index (κ3) is 4.00. The van der Waals surface area contributed by atoms with Crippen LogP contribution in [0.2, 0.25) is 0 Å². The zero-order valence-electron chi connectivity index (χ0n) is 19.5. The molecule has 1 aliphatic carbocycles. The van der Waals surface area contributed by atoms with Gasteiger partial charge in [-0.15, -0.1) is 0 Å². The van der Waals surface area contributed by atoms with E-state index in [0.29, 0.717) is 48.4 Å². The van der Waals surface area contributed by atoms with Crippen LogP contribution in [0.5, 0.6) is 0 Å². The molecule has 0 atom stereocenters. The lowest BCUT2D eigenvalue weighted by Crippen LogP contribution is -2.50. The third-order valence-corrected chi connectivity index (χ3v) is 7.26. The van der Waals surface area contributed by atoms with Gasteiger partial charge in [0, 0.05) is 43.3 Å². The van der Waals surface area contributed by atoms with E-state index in [-0.39, 0.29) is 29.7 Å². The number of aryl methyl sites for hydroxylation is 1. The Labute approximate surface area is 199 Å². The minimum atomic E-state index is -0.282. The number of piperazine rings is 1. The highest BCUT2D eigenvalue weighted by atomic mass is 16.2. The van der Waals surface area contributed by atoms with Crippen molar-refractivity contribution in [2.24, 2.45) is 0 Å². The number of nitrogens with zero attached hydrogens (tertiary/aromatic N) is 3. The maximum atomic E-state index is 13.2. The van der Waals surface area contributed by atoms with Gasteiger partial charge in [0.2, 0.25) is 0 Å². The number of carbonyl (C=O) groups excluding carboxylic acids is 4. The highest BCUT2D eigenvalue weighted by Gasteiger charge is 2.40. The Bertz CT molecular complexity index is 1140. The van der Waals surface area contributed by atoms with E-state index in [4.69, 9.17) is 0 Å². The van der Waals surface area contributed by atoms with Crippen molar-refractivity contribution in [3.63, 3.8) is 0 Å². The number of hydrogen-bond donors (Lipinski definition) is 0. The Morgan fingerprint density at radius 1 is 0.706 bits per heavy atom. The molecule has 0 spiro atoms. The van der Waals surface area contributed by atoms with E-state index in [1.165, 1.54) is 4.90 Å². The van der Waals surface area contributed by atoms with E-state index in [1.54, 1.807) is 28.0 Å². The monoisotopic (exact) mass is 459 g/mol. The summed E-state index contributed by atoms with van der Waals surface area (Å²) in [6.45, 7) is 3.74. The van der Waals surface area contributed by atoms with Crippen LogP contribution >= 0.6 is 0 Å². The number of rotatable bonds is 3. The Balaban J connectivity index is 1.26. The predicted molar refractivity (Wildman–Crippen MR) is 127 cm³/mol. The molecule has 4 amide bonds. The highest BCUT2D eigenvalue weighted by molar-refractivity contribution is 6.22. The molecule has 0 unspecified atom stereocenters. The largest absolute Gasteiger partial charge is 0.335 e. The minimum Gasteiger partial charge on any atom is -0.335 e. The van der Waals surface area contributed by atoms with Gasteiger partial charge in [-0.1, -0.05) is 37.0 Å². The molecule has 2 aliphatic heterocycles. The third-order valence-electron chi connectivity index (χ3n) is 7.26. The second kappa shape index (κ2) is 9.05. The maximum absolute atomic E-state index is 13.2. The summed E-state index contributed by atoms with van der Waals surface area (Å²) < 4.78 is 0. The number of benzene rings is 2. The van der Waals surface area contributed by atoms with Crippen LogP contribution < -0.4 is 0 Å². The molecule has 176 valence electrons. The van der Waals surface area contributed by atoms with E-state index in [1.807, 2.05) is 31.2 Å². The molecular formula is C27H29N3O4. The zero-order chi connectivity index (χ0) is 23.8. The van der Waals surface area contributed by atoms with Gasteiger partial charge in [-0.2, -0.15) is 0 Å². The first-order valence-corrected chi connectivity index (χ1v) is 12.1. The topological polar surface area (TPSA) is 78.0 Å². The lowest BCUT2D eigenvalue weighted by Gasteiger charge is -2.35. The van der Waals surface area contributed by atoms with Crippen molar-refractivity contribution in [2.45, 2.75) is 45.1 Å². The summed E-state index contributed by atoms with van der Waals surface area (Å²) in [7, 11) is 0. The molecule has 2 aromatic carbocycles. The van der Waals surface area contributed by atoms with Crippen LogP contribution in [0, 0.1) is 6.92 Å². The Hall–Kier alpha value is -3.48. The quantitative estimate of drug-likeness (QED) is 0.658. The fourth-order valence-electron chi connectivity index (χ4n) is 5.24. The molecule has 2 fully saturated rings. The fourth-order valence-corrected chi connectivity index (χ4v) is 5.24. The molecule has 7 heteroatoms. The van der Waals surface area contributed by atoms with Crippen molar-refractivity contribution in [3.8, 4) is 0 Å². The molecule has 0 aromatic heterocycles. The predicted octanol–water partition coefficient (Wildman–Crippen LogP) is 3.52. The molecule has 2 aromatic rings. The zero-order valence-corrected chi connectivity index (χ0v) is 19.5. The van der Waals surface area contributed by atoms with Gasteiger partial charge in [0.25, 0.3) is 23.6 Å². The molecule has 7 nitrogen and oxygen atoms in total. The van der Waals surface area contributed by atoms with Gasteiger partial charge < -0.3 is 9.80 Å². The van der Waals surface area contributed by atoms with Gasteiger partial charge in [-0.3, -0.25) is 24.1 Å². The molecule has 1 saturated carbocycles. The summed E-state index contributed by atoms with van der Waals surface area (Å²) in [5.41, 5.74) is 2.87. The highest BCUT2D eigenvalue weighted by Crippen LogP contribution is 2.31. The van der Waals surface area contributed by atoms with Crippen LogP contribution in [-0.2, 0) is 0 Å². The number of carbonyl (C=O) groups is 4. The molecule has 2 heterocycles. The molecule has 0 radical (unpaired) electrons. The van der Waals surface area contributed by atoms with Crippen molar-refractivity contribution in [3.05, 3.63) is 70.3 Å². The average molecular weight is 460 g/mol. The van der Waals surface area contributed by atoms with Crippen molar-refractivity contribution in [1.29, 1.82) is 0 Å².